The molecule has 0 aromatic carbocycles. The van der Waals surface area contributed by atoms with Crippen LogP contribution in [0.25, 0.3) is 0 Å². The molecule has 0 atom stereocenters. The van der Waals surface area contributed by atoms with E-state index in [-0.39, 0.29) is 0 Å². The second-order valence-corrected chi connectivity index (χ2v) is 4.75. The van der Waals surface area contributed by atoms with Crippen molar-refractivity contribution in [3.63, 3.8) is 0 Å². The Morgan fingerprint density at radius 3 is 2.40 bits per heavy atom. The van der Waals surface area contributed by atoms with Gasteiger partial charge in [-0.25, -0.2) is 9.66 Å². The maximum atomic E-state index is 5.95. The number of hydrogen-bond acceptors (Lipinski definition) is 3. The Bertz CT molecular complexity index is 348. The van der Waals surface area contributed by atoms with Gasteiger partial charge in [-0.2, -0.15) is 0 Å². The van der Waals surface area contributed by atoms with Crippen molar-refractivity contribution >= 4 is 5.82 Å². The standard InChI is InChI=1S/C11H20N4/c1-7(2)9-10(12)15(13)11(14-9)8-5-3-4-6-8/h7-8H,3-6,12-13H2,1-2H3. The molecule has 4 N–H and O–H groups in total. The van der Waals surface area contributed by atoms with Gasteiger partial charge in [0.2, 0.25) is 0 Å². The Hall–Kier alpha value is -1.19. The monoisotopic (exact) mass is 208 g/mol. The predicted octanol–water partition coefficient (Wildman–Crippen LogP) is 1.96. The van der Waals surface area contributed by atoms with Gasteiger partial charge in [-0.3, -0.25) is 0 Å². The van der Waals surface area contributed by atoms with Gasteiger partial charge in [-0.1, -0.05) is 26.7 Å². The lowest BCUT2D eigenvalue weighted by molar-refractivity contribution is 0.645. The Kier molecular flexibility index (Phi) is 2.59. The van der Waals surface area contributed by atoms with Crippen molar-refractivity contribution in [2.24, 2.45) is 0 Å². The number of nitrogen functional groups attached to an aromatic ring is 2. The SMILES string of the molecule is CC(C)c1nc(C2CCCC2)n(N)c1N. The summed E-state index contributed by atoms with van der Waals surface area (Å²) >= 11 is 0. The van der Waals surface area contributed by atoms with Crippen molar-refractivity contribution < 1.29 is 0 Å². The summed E-state index contributed by atoms with van der Waals surface area (Å²) in [6, 6.07) is 0. The molecular formula is C11H20N4. The fourth-order valence-electron chi connectivity index (χ4n) is 2.38. The molecule has 4 nitrogen and oxygen atoms in total. The lowest BCUT2D eigenvalue weighted by Crippen LogP contribution is -2.17. The van der Waals surface area contributed by atoms with Gasteiger partial charge < -0.3 is 11.6 Å². The summed E-state index contributed by atoms with van der Waals surface area (Å²) in [5.41, 5.74) is 6.89. The molecule has 15 heavy (non-hydrogen) atoms. The Morgan fingerprint density at radius 1 is 1.33 bits per heavy atom. The third-order valence-corrected chi connectivity index (χ3v) is 3.27. The van der Waals surface area contributed by atoms with E-state index in [2.05, 4.69) is 18.8 Å². The fraction of sp³-hybridized carbons (Fsp3) is 0.727. The van der Waals surface area contributed by atoms with Crippen molar-refractivity contribution in [2.45, 2.75) is 51.4 Å². The van der Waals surface area contributed by atoms with Gasteiger partial charge in [0.25, 0.3) is 0 Å². The number of rotatable bonds is 2. The van der Waals surface area contributed by atoms with Crippen LogP contribution >= 0.6 is 0 Å². The molecule has 0 unspecified atom stereocenters. The molecule has 0 saturated heterocycles. The fourth-order valence-corrected chi connectivity index (χ4v) is 2.38. The Morgan fingerprint density at radius 2 is 1.93 bits per heavy atom. The normalized spacial score (nSPS) is 17.8. The summed E-state index contributed by atoms with van der Waals surface area (Å²) < 4.78 is 1.59. The Labute approximate surface area is 90.6 Å². The second-order valence-electron chi connectivity index (χ2n) is 4.75. The molecule has 1 heterocycles. The molecule has 1 saturated carbocycles. The van der Waals surface area contributed by atoms with Crippen molar-refractivity contribution in [2.75, 3.05) is 11.6 Å². The van der Waals surface area contributed by atoms with Crippen LogP contribution in [0.4, 0.5) is 5.82 Å². The van der Waals surface area contributed by atoms with E-state index in [4.69, 9.17) is 11.6 Å². The second kappa shape index (κ2) is 3.76. The van der Waals surface area contributed by atoms with E-state index < -0.39 is 0 Å². The first kappa shape index (κ1) is 10.3. The van der Waals surface area contributed by atoms with Gasteiger partial charge in [0.15, 0.2) is 0 Å². The molecule has 0 aliphatic heterocycles. The molecule has 0 radical (unpaired) electrons. The van der Waals surface area contributed by atoms with E-state index in [9.17, 15) is 0 Å². The topological polar surface area (TPSA) is 69.9 Å². The smallest absolute Gasteiger partial charge is 0.146 e. The largest absolute Gasteiger partial charge is 0.382 e. The van der Waals surface area contributed by atoms with E-state index in [1.807, 2.05) is 0 Å². The van der Waals surface area contributed by atoms with Crippen LogP contribution in [-0.2, 0) is 0 Å². The molecule has 1 aromatic heterocycles. The molecule has 2 rings (SSSR count). The molecular weight excluding hydrogens is 188 g/mol. The first-order valence-electron chi connectivity index (χ1n) is 5.74. The van der Waals surface area contributed by atoms with Crippen molar-refractivity contribution in [3.05, 3.63) is 11.5 Å². The Balaban J connectivity index is 2.35. The summed E-state index contributed by atoms with van der Waals surface area (Å²) in [7, 11) is 0. The number of anilines is 1. The molecule has 1 aromatic rings. The highest BCUT2D eigenvalue weighted by Gasteiger charge is 2.25. The van der Waals surface area contributed by atoms with Crippen LogP contribution < -0.4 is 11.6 Å². The number of aromatic nitrogens is 2. The van der Waals surface area contributed by atoms with Crippen LogP contribution in [0.15, 0.2) is 0 Å². The number of nitrogens with two attached hydrogens (primary N) is 2. The average Bonchev–Trinajstić information content (AvgIpc) is 2.77. The first-order valence-corrected chi connectivity index (χ1v) is 5.74. The zero-order chi connectivity index (χ0) is 11.0. The third kappa shape index (κ3) is 1.68. The summed E-state index contributed by atoms with van der Waals surface area (Å²) in [5.74, 6) is 8.42. The maximum absolute atomic E-state index is 5.95. The number of hydrogen-bond donors (Lipinski definition) is 2. The van der Waals surface area contributed by atoms with Crippen molar-refractivity contribution in [3.8, 4) is 0 Å². The van der Waals surface area contributed by atoms with E-state index in [1.165, 1.54) is 25.7 Å². The molecule has 0 amide bonds. The van der Waals surface area contributed by atoms with Crippen LogP contribution in [0.1, 0.15) is 62.9 Å². The van der Waals surface area contributed by atoms with Gasteiger partial charge in [0.1, 0.15) is 11.6 Å². The minimum Gasteiger partial charge on any atom is -0.382 e. The van der Waals surface area contributed by atoms with E-state index in [0.717, 1.165) is 11.5 Å². The van der Waals surface area contributed by atoms with E-state index in [1.54, 1.807) is 4.68 Å². The van der Waals surface area contributed by atoms with Gasteiger partial charge in [0, 0.05) is 5.92 Å². The van der Waals surface area contributed by atoms with Gasteiger partial charge in [0.05, 0.1) is 5.69 Å². The van der Waals surface area contributed by atoms with Crippen molar-refractivity contribution in [1.29, 1.82) is 0 Å². The summed E-state index contributed by atoms with van der Waals surface area (Å²) in [6.07, 6.45) is 4.97. The van der Waals surface area contributed by atoms with Crippen molar-refractivity contribution in [1.82, 2.24) is 9.66 Å². The van der Waals surface area contributed by atoms with Crippen LogP contribution in [0.2, 0.25) is 0 Å². The van der Waals surface area contributed by atoms with Crippen LogP contribution in [0.3, 0.4) is 0 Å². The maximum Gasteiger partial charge on any atom is 0.146 e. The molecule has 0 bridgehead atoms. The molecule has 1 aliphatic carbocycles. The molecule has 1 fully saturated rings. The number of nitrogens with zero attached hydrogens (tertiary/aromatic N) is 2. The van der Waals surface area contributed by atoms with Gasteiger partial charge in [-0.05, 0) is 18.8 Å². The minimum atomic E-state index is 0.343. The van der Waals surface area contributed by atoms with Gasteiger partial charge in [-0.15, -0.1) is 0 Å². The first-order chi connectivity index (χ1) is 7.11. The highest BCUT2D eigenvalue weighted by Crippen LogP contribution is 2.35. The van der Waals surface area contributed by atoms with Crippen LogP contribution in [0, 0.1) is 0 Å². The number of imidazole rings is 1. The molecule has 0 spiro atoms. The quantitative estimate of drug-likeness (QED) is 0.730. The van der Waals surface area contributed by atoms with Crippen LogP contribution in [0.5, 0.6) is 0 Å². The van der Waals surface area contributed by atoms with Crippen LogP contribution in [-0.4, -0.2) is 9.66 Å². The average molecular weight is 208 g/mol. The van der Waals surface area contributed by atoms with E-state index in [0.29, 0.717) is 17.7 Å². The molecule has 84 valence electrons. The lowest BCUT2D eigenvalue weighted by atomic mass is 10.1. The lowest BCUT2D eigenvalue weighted by Gasteiger charge is -2.08. The summed E-state index contributed by atoms with van der Waals surface area (Å²) in [4.78, 5) is 4.60. The zero-order valence-electron chi connectivity index (χ0n) is 9.53. The molecule has 1 aliphatic rings. The zero-order valence-corrected chi connectivity index (χ0v) is 9.53. The third-order valence-electron chi connectivity index (χ3n) is 3.27. The van der Waals surface area contributed by atoms with Gasteiger partial charge >= 0.3 is 0 Å². The highest BCUT2D eigenvalue weighted by molar-refractivity contribution is 5.41. The summed E-state index contributed by atoms with van der Waals surface area (Å²) in [5, 5.41) is 0. The predicted molar refractivity (Wildman–Crippen MR) is 62.1 cm³/mol. The minimum absolute atomic E-state index is 0.343. The van der Waals surface area contributed by atoms with E-state index >= 15 is 0 Å². The molecule has 4 heteroatoms. The summed E-state index contributed by atoms with van der Waals surface area (Å²) in [6.45, 7) is 4.19. The highest BCUT2D eigenvalue weighted by atomic mass is 15.4.